The molecule has 3 aromatic rings. The molecule has 0 aliphatic heterocycles. The molecule has 0 saturated carbocycles. The quantitative estimate of drug-likeness (QED) is 0.661. The first kappa shape index (κ1) is 13.0. The van der Waals surface area contributed by atoms with Crippen LogP contribution in [0.25, 0.3) is 9.40 Å². The van der Waals surface area contributed by atoms with Crippen molar-refractivity contribution in [1.29, 1.82) is 0 Å². The highest BCUT2D eigenvalue weighted by Crippen LogP contribution is 2.38. The first-order valence-corrected chi connectivity index (χ1v) is 7.43. The molecule has 3 rings (SSSR count). The Labute approximate surface area is 120 Å². The molecule has 0 radical (unpaired) electrons. The van der Waals surface area contributed by atoms with Crippen molar-refractivity contribution in [2.75, 3.05) is 0 Å². The topological polar surface area (TPSA) is 20.2 Å². The molecule has 1 unspecified atom stereocenters. The normalized spacial score (nSPS) is 13.1. The Kier molecular flexibility index (Phi) is 3.30. The highest BCUT2D eigenvalue weighted by atomic mass is 35.5. The fraction of sp³-hybridized carbons (Fsp3) is 0.0769. The van der Waals surface area contributed by atoms with Gasteiger partial charge in [-0.3, -0.25) is 0 Å². The largest absolute Gasteiger partial charge is 0.383 e. The molecule has 98 valence electrons. The van der Waals surface area contributed by atoms with Crippen molar-refractivity contribution in [2.45, 2.75) is 6.10 Å². The average Bonchev–Trinajstić information content (AvgIpc) is 2.93. The van der Waals surface area contributed by atoms with Crippen LogP contribution in [0.1, 0.15) is 16.5 Å². The van der Waals surface area contributed by atoms with Crippen LogP contribution < -0.4 is 0 Å². The van der Waals surface area contributed by atoms with Gasteiger partial charge >= 0.3 is 0 Å². The van der Waals surface area contributed by atoms with E-state index in [9.17, 15) is 13.9 Å². The van der Waals surface area contributed by atoms with Crippen molar-refractivity contribution < 1.29 is 13.9 Å². The van der Waals surface area contributed by atoms with E-state index >= 15 is 0 Å². The minimum atomic E-state index is -1.05. The molecule has 0 bridgehead atoms. The summed E-state index contributed by atoms with van der Waals surface area (Å²) in [6, 6.07) is 5.61. The smallest absolute Gasteiger partial charge is 0.160 e. The molecule has 1 atom stereocenters. The van der Waals surface area contributed by atoms with Crippen LogP contribution in [0.3, 0.4) is 0 Å². The molecular weight excluding hydrogens is 310 g/mol. The molecule has 2 heterocycles. The highest BCUT2D eigenvalue weighted by molar-refractivity contribution is 7.26. The molecule has 2 aromatic heterocycles. The second kappa shape index (κ2) is 4.83. The van der Waals surface area contributed by atoms with Crippen LogP contribution in [0.15, 0.2) is 29.6 Å². The number of halogens is 3. The van der Waals surface area contributed by atoms with Crippen LogP contribution in [0.2, 0.25) is 5.02 Å². The zero-order chi connectivity index (χ0) is 13.6. The molecule has 1 N–H and O–H groups in total. The Bertz CT molecular complexity index is 722. The van der Waals surface area contributed by atoms with E-state index in [2.05, 4.69) is 0 Å². The van der Waals surface area contributed by atoms with Crippen molar-refractivity contribution in [3.8, 4) is 0 Å². The lowest BCUT2D eigenvalue weighted by Gasteiger charge is -2.11. The molecule has 0 aliphatic carbocycles. The molecule has 19 heavy (non-hydrogen) atoms. The van der Waals surface area contributed by atoms with Gasteiger partial charge in [0, 0.05) is 24.9 Å². The van der Waals surface area contributed by atoms with Gasteiger partial charge in [0.15, 0.2) is 11.6 Å². The molecule has 0 aliphatic rings. The fourth-order valence-electron chi connectivity index (χ4n) is 1.82. The first-order valence-electron chi connectivity index (χ1n) is 5.35. The summed E-state index contributed by atoms with van der Waals surface area (Å²) < 4.78 is 28.4. The van der Waals surface area contributed by atoms with E-state index in [1.165, 1.54) is 11.3 Å². The molecule has 0 saturated heterocycles. The van der Waals surface area contributed by atoms with Crippen LogP contribution in [0, 0.1) is 11.6 Å². The molecule has 0 spiro atoms. The van der Waals surface area contributed by atoms with Gasteiger partial charge < -0.3 is 5.11 Å². The van der Waals surface area contributed by atoms with Gasteiger partial charge in [0.25, 0.3) is 0 Å². The summed E-state index contributed by atoms with van der Waals surface area (Å²) in [5.74, 6) is -2.04. The zero-order valence-electron chi connectivity index (χ0n) is 9.36. The van der Waals surface area contributed by atoms with Gasteiger partial charge in [-0.05, 0) is 29.6 Å². The standard InChI is InChI=1S/C13H7ClF2OS2/c14-7-4-9(16)8(15)3-6(7)13(17)12-5-11-10(19-12)1-2-18-11/h1-5,13,17H. The van der Waals surface area contributed by atoms with E-state index in [0.717, 1.165) is 21.5 Å². The van der Waals surface area contributed by atoms with Crippen LogP contribution in [0.4, 0.5) is 8.78 Å². The van der Waals surface area contributed by atoms with Gasteiger partial charge in [-0.25, -0.2) is 8.78 Å². The molecule has 1 aromatic carbocycles. The van der Waals surface area contributed by atoms with E-state index in [4.69, 9.17) is 11.6 Å². The Morgan fingerprint density at radius 3 is 2.58 bits per heavy atom. The summed E-state index contributed by atoms with van der Waals surface area (Å²) in [5, 5.41) is 12.2. The number of aliphatic hydroxyl groups excluding tert-OH is 1. The molecule has 6 heteroatoms. The summed E-state index contributed by atoms with van der Waals surface area (Å²) in [4.78, 5) is 0.662. The van der Waals surface area contributed by atoms with Gasteiger partial charge in [0.05, 0.1) is 0 Å². The van der Waals surface area contributed by atoms with Crippen molar-refractivity contribution in [3.63, 3.8) is 0 Å². The van der Waals surface area contributed by atoms with Gasteiger partial charge in [0.2, 0.25) is 0 Å². The third kappa shape index (κ3) is 2.27. The summed E-state index contributed by atoms with van der Waals surface area (Å²) in [7, 11) is 0. The summed E-state index contributed by atoms with van der Waals surface area (Å²) in [6.07, 6.45) is -1.05. The number of rotatable bonds is 2. The number of hydrogen-bond acceptors (Lipinski definition) is 3. The van der Waals surface area contributed by atoms with E-state index in [0.29, 0.717) is 4.88 Å². The van der Waals surface area contributed by atoms with Gasteiger partial charge in [0.1, 0.15) is 6.10 Å². The van der Waals surface area contributed by atoms with Gasteiger partial charge in [-0.1, -0.05) is 11.6 Å². The predicted molar refractivity (Wildman–Crippen MR) is 75.1 cm³/mol. The Morgan fingerprint density at radius 2 is 1.84 bits per heavy atom. The number of hydrogen-bond donors (Lipinski definition) is 1. The van der Waals surface area contributed by atoms with Crippen LogP contribution in [-0.4, -0.2) is 5.11 Å². The number of aliphatic hydroxyl groups is 1. The second-order valence-electron chi connectivity index (χ2n) is 3.99. The van der Waals surface area contributed by atoms with Crippen LogP contribution >= 0.6 is 34.3 Å². The third-order valence-electron chi connectivity index (χ3n) is 2.76. The maximum absolute atomic E-state index is 13.2. The summed E-state index contributed by atoms with van der Waals surface area (Å²) in [5.41, 5.74) is 0.175. The van der Waals surface area contributed by atoms with Crippen LogP contribution in [0.5, 0.6) is 0 Å². The minimum absolute atomic E-state index is 0.0168. The zero-order valence-corrected chi connectivity index (χ0v) is 11.8. The van der Waals surface area contributed by atoms with Crippen LogP contribution in [-0.2, 0) is 0 Å². The van der Waals surface area contributed by atoms with Crippen molar-refractivity contribution in [2.24, 2.45) is 0 Å². The van der Waals surface area contributed by atoms with Gasteiger partial charge in [-0.2, -0.15) is 0 Å². The Hall–Kier alpha value is -1.01. The van der Waals surface area contributed by atoms with E-state index in [-0.39, 0.29) is 10.6 Å². The van der Waals surface area contributed by atoms with Gasteiger partial charge in [-0.15, -0.1) is 22.7 Å². The third-order valence-corrected chi connectivity index (χ3v) is 5.24. The molecule has 0 fully saturated rings. The van der Waals surface area contributed by atoms with E-state index < -0.39 is 17.7 Å². The predicted octanol–water partition coefficient (Wildman–Crippen LogP) is 4.98. The lowest BCUT2D eigenvalue weighted by molar-refractivity contribution is 0.223. The Balaban J connectivity index is 2.06. The lowest BCUT2D eigenvalue weighted by atomic mass is 10.1. The number of thiophene rings is 2. The lowest BCUT2D eigenvalue weighted by Crippen LogP contribution is -2.00. The maximum atomic E-state index is 13.2. The monoisotopic (exact) mass is 316 g/mol. The minimum Gasteiger partial charge on any atom is -0.383 e. The molecule has 0 amide bonds. The van der Waals surface area contributed by atoms with Crippen molar-refractivity contribution in [1.82, 2.24) is 0 Å². The van der Waals surface area contributed by atoms with E-state index in [1.807, 2.05) is 17.5 Å². The average molecular weight is 317 g/mol. The second-order valence-corrected chi connectivity index (χ2v) is 6.46. The van der Waals surface area contributed by atoms with Crippen molar-refractivity contribution >= 4 is 43.7 Å². The summed E-state index contributed by atoms with van der Waals surface area (Å²) >= 11 is 8.83. The molecular formula is C13H7ClF2OS2. The Morgan fingerprint density at radius 1 is 1.11 bits per heavy atom. The highest BCUT2D eigenvalue weighted by Gasteiger charge is 2.19. The molecule has 1 nitrogen and oxygen atoms in total. The fourth-order valence-corrected chi connectivity index (χ4v) is 4.20. The SMILES string of the molecule is OC(c1cc2sccc2s1)c1cc(F)c(F)cc1Cl. The van der Waals surface area contributed by atoms with E-state index in [1.54, 1.807) is 11.3 Å². The maximum Gasteiger partial charge on any atom is 0.160 e. The first-order chi connectivity index (χ1) is 9.06. The number of fused-ring (bicyclic) bond motifs is 1. The summed E-state index contributed by atoms with van der Waals surface area (Å²) in [6.45, 7) is 0. The number of benzene rings is 1. The van der Waals surface area contributed by atoms with Crippen molar-refractivity contribution in [3.05, 3.63) is 56.7 Å².